The summed E-state index contributed by atoms with van der Waals surface area (Å²) in [6, 6.07) is 3.93. The lowest BCUT2D eigenvalue weighted by molar-refractivity contribution is -0.123. The molecule has 0 aromatic carbocycles. The Morgan fingerprint density at radius 3 is 2.50 bits per heavy atom. The highest BCUT2D eigenvalue weighted by Gasteiger charge is 2.23. The van der Waals surface area contributed by atoms with Crippen molar-refractivity contribution in [2.75, 3.05) is 20.8 Å². The maximum absolute atomic E-state index is 5.94. The van der Waals surface area contributed by atoms with E-state index >= 15 is 0 Å². The number of nitrogens with one attached hydrogen (secondary N) is 1. The molecule has 92 valence electrons. The van der Waals surface area contributed by atoms with Crippen molar-refractivity contribution in [3.63, 3.8) is 0 Å². The monoisotopic (exact) mass is 263 g/mol. The van der Waals surface area contributed by atoms with Crippen LogP contribution < -0.4 is 5.32 Å². The van der Waals surface area contributed by atoms with Crippen LogP contribution in [-0.2, 0) is 9.47 Å². The van der Waals surface area contributed by atoms with Gasteiger partial charge in [0.05, 0.1) is 10.4 Å². The summed E-state index contributed by atoms with van der Waals surface area (Å²) < 4.78 is 11.4. The Hall–Kier alpha value is -0.130. The lowest BCUT2D eigenvalue weighted by atomic mass is 10.2. The minimum absolute atomic E-state index is 0.0347. The molecular weight excluding hydrogens is 246 g/mol. The van der Waals surface area contributed by atoms with Gasteiger partial charge in [-0.1, -0.05) is 18.5 Å². The average Bonchev–Trinajstić information content (AvgIpc) is 2.71. The van der Waals surface area contributed by atoms with Crippen LogP contribution >= 0.6 is 22.9 Å². The van der Waals surface area contributed by atoms with E-state index in [1.807, 2.05) is 12.1 Å². The molecule has 0 fully saturated rings. The Morgan fingerprint density at radius 2 is 2.06 bits per heavy atom. The topological polar surface area (TPSA) is 30.5 Å². The second-order valence-corrected chi connectivity index (χ2v) is 5.16. The normalized spacial score (nSPS) is 13.3. The maximum Gasteiger partial charge on any atom is 0.177 e. The molecule has 0 aliphatic heterocycles. The lowest BCUT2D eigenvalue weighted by Crippen LogP contribution is -2.34. The van der Waals surface area contributed by atoms with Crippen molar-refractivity contribution in [2.45, 2.75) is 25.7 Å². The molecule has 5 heteroatoms. The van der Waals surface area contributed by atoms with Crippen molar-refractivity contribution >= 4 is 22.9 Å². The third-order valence-corrected chi connectivity index (χ3v) is 3.57. The first-order valence-electron chi connectivity index (χ1n) is 5.27. The number of rotatable bonds is 7. The molecule has 0 radical (unpaired) electrons. The predicted octanol–water partition coefficient (Wildman–Crippen LogP) is 3.06. The first-order valence-corrected chi connectivity index (χ1v) is 6.46. The number of ether oxygens (including phenoxy) is 2. The van der Waals surface area contributed by atoms with Crippen LogP contribution in [0.15, 0.2) is 12.1 Å². The molecule has 0 spiro atoms. The van der Waals surface area contributed by atoms with Crippen LogP contribution in [0, 0.1) is 0 Å². The summed E-state index contributed by atoms with van der Waals surface area (Å²) in [5, 5.41) is 3.40. The standard InChI is InChI=1S/C11H18ClNO2S/c1-4-7-13-10(11(14-2)15-3)8-5-6-9(12)16-8/h5-6,10-11,13H,4,7H2,1-3H3. The molecule has 0 aliphatic rings. The van der Waals surface area contributed by atoms with Crippen molar-refractivity contribution in [1.82, 2.24) is 5.32 Å². The van der Waals surface area contributed by atoms with Gasteiger partial charge in [-0.3, -0.25) is 0 Å². The van der Waals surface area contributed by atoms with Gasteiger partial charge in [-0.25, -0.2) is 0 Å². The minimum Gasteiger partial charge on any atom is -0.354 e. The molecule has 1 rings (SSSR count). The molecule has 0 aliphatic carbocycles. The van der Waals surface area contributed by atoms with E-state index in [1.165, 1.54) is 0 Å². The van der Waals surface area contributed by atoms with Gasteiger partial charge in [-0.2, -0.15) is 0 Å². The summed E-state index contributed by atoms with van der Waals surface area (Å²) in [5.74, 6) is 0. The highest BCUT2D eigenvalue weighted by Crippen LogP contribution is 2.29. The second kappa shape index (κ2) is 7.25. The van der Waals surface area contributed by atoms with Crippen LogP contribution in [0.25, 0.3) is 0 Å². The quantitative estimate of drug-likeness (QED) is 0.767. The molecule has 1 aromatic rings. The summed E-state index contributed by atoms with van der Waals surface area (Å²) in [7, 11) is 3.29. The van der Waals surface area contributed by atoms with Crippen LogP contribution in [0.3, 0.4) is 0 Å². The van der Waals surface area contributed by atoms with E-state index in [9.17, 15) is 0 Å². The summed E-state index contributed by atoms with van der Waals surface area (Å²) in [6.45, 7) is 3.05. The van der Waals surface area contributed by atoms with Gasteiger partial charge in [0.15, 0.2) is 6.29 Å². The molecule has 1 atom stereocenters. The highest BCUT2D eigenvalue weighted by atomic mass is 35.5. The molecule has 1 heterocycles. The molecule has 3 nitrogen and oxygen atoms in total. The fraction of sp³-hybridized carbons (Fsp3) is 0.636. The van der Waals surface area contributed by atoms with E-state index in [4.69, 9.17) is 21.1 Å². The summed E-state index contributed by atoms with van der Waals surface area (Å²) in [6.07, 6.45) is 0.775. The molecule has 16 heavy (non-hydrogen) atoms. The molecule has 0 saturated carbocycles. The van der Waals surface area contributed by atoms with Gasteiger partial charge in [0, 0.05) is 19.1 Å². The van der Waals surface area contributed by atoms with E-state index in [0.29, 0.717) is 0 Å². The molecular formula is C11H18ClNO2S. The summed E-state index contributed by atoms with van der Waals surface area (Å²) in [4.78, 5) is 1.13. The van der Waals surface area contributed by atoms with E-state index in [2.05, 4.69) is 12.2 Å². The molecule has 1 aromatic heterocycles. The van der Waals surface area contributed by atoms with E-state index in [1.54, 1.807) is 25.6 Å². The van der Waals surface area contributed by atoms with Crippen LogP contribution in [0.4, 0.5) is 0 Å². The third-order valence-electron chi connectivity index (χ3n) is 2.25. The average molecular weight is 264 g/mol. The first kappa shape index (κ1) is 13.9. The zero-order chi connectivity index (χ0) is 12.0. The number of hydrogen-bond acceptors (Lipinski definition) is 4. The van der Waals surface area contributed by atoms with Crippen molar-refractivity contribution in [2.24, 2.45) is 0 Å². The number of thiophene rings is 1. The van der Waals surface area contributed by atoms with Gasteiger partial charge in [0.2, 0.25) is 0 Å². The Balaban J connectivity index is 2.77. The predicted molar refractivity (Wildman–Crippen MR) is 68.2 cm³/mol. The molecule has 1 N–H and O–H groups in total. The van der Waals surface area contributed by atoms with Crippen LogP contribution in [0.2, 0.25) is 4.34 Å². The Labute approximate surface area is 106 Å². The SMILES string of the molecule is CCCNC(c1ccc(Cl)s1)C(OC)OC. The highest BCUT2D eigenvalue weighted by molar-refractivity contribution is 7.16. The lowest BCUT2D eigenvalue weighted by Gasteiger charge is -2.24. The number of halogens is 1. The van der Waals surface area contributed by atoms with E-state index in [-0.39, 0.29) is 12.3 Å². The van der Waals surface area contributed by atoms with Gasteiger partial charge in [-0.05, 0) is 25.1 Å². The van der Waals surface area contributed by atoms with Crippen LogP contribution in [0.1, 0.15) is 24.3 Å². The Bertz CT molecular complexity index is 302. The molecule has 0 amide bonds. The Morgan fingerprint density at radius 1 is 1.38 bits per heavy atom. The van der Waals surface area contributed by atoms with Crippen molar-refractivity contribution in [1.29, 1.82) is 0 Å². The second-order valence-electron chi connectivity index (χ2n) is 3.41. The largest absolute Gasteiger partial charge is 0.354 e. The summed E-state index contributed by atoms with van der Waals surface area (Å²) in [5.41, 5.74) is 0. The van der Waals surface area contributed by atoms with Gasteiger partial charge >= 0.3 is 0 Å². The van der Waals surface area contributed by atoms with Crippen molar-refractivity contribution in [3.8, 4) is 0 Å². The molecule has 0 bridgehead atoms. The van der Waals surface area contributed by atoms with E-state index < -0.39 is 0 Å². The van der Waals surface area contributed by atoms with Crippen LogP contribution in [-0.4, -0.2) is 27.1 Å². The van der Waals surface area contributed by atoms with Crippen molar-refractivity contribution in [3.05, 3.63) is 21.3 Å². The fourth-order valence-corrected chi connectivity index (χ4v) is 2.64. The Kier molecular flexibility index (Phi) is 6.31. The first-order chi connectivity index (χ1) is 7.72. The van der Waals surface area contributed by atoms with Gasteiger partial charge in [0.1, 0.15) is 0 Å². The van der Waals surface area contributed by atoms with Crippen molar-refractivity contribution < 1.29 is 9.47 Å². The van der Waals surface area contributed by atoms with E-state index in [0.717, 1.165) is 22.2 Å². The number of hydrogen-bond donors (Lipinski definition) is 1. The van der Waals surface area contributed by atoms with Gasteiger partial charge in [-0.15, -0.1) is 11.3 Å². The fourth-order valence-electron chi connectivity index (χ4n) is 1.49. The molecule has 1 unspecified atom stereocenters. The van der Waals surface area contributed by atoms with Gasteiger partial charge in [0.25, 0.3) is 0 Å². The smallest absolute Gasteiger partial charge is 0.177 e. The number of methoxy groups -OCH3 is 2. The minimum atomic E-state index is -0.290. The maximum atomic E-state index is 5.94. The zero-order valence-corrected chi connectivity index (χ0v) is 11.4. The van der Waals surface area contributed by atoms with Crippen LogP contribution in [0.5, 0.6) is 0 Å². The van der Waals surface area contributed by atoms with Gasteiger partial charge < -0.3 is 14.8 Å². The zero-order valence-electron chi connectivity index (χ0n) is 9.83. The third kappa shape index (κ3) is 3.71. The molecule has 0 saturated heterocycles. The summed E-state index contributed by atoms with van der Waals surface area (Å²) >= 11 is 7.49.